The molecule has 1 saturated carbocycles. The Morgan fingerprint density at radius 2 is 1.61 bits per heavy atom. The summed E-state index contributed by atoms with van der Waals surface area (Å²) in [6.07, 6.45) is 0.480. The highest BCUT2D eigenvalue weighted by Crippen LogP contribution is 2.59. The zero-order valence-corrected chi connectivity index (χ0v) is 16.1. The minimum absolute atomic E-state index is 0.316. The van der Waals surface area contributed by atoms with Crippen molar-refractivity contribution in [2.75, 3.05) is 0 Å². The molecule has 0 spiro atoms. The number of aliphatic imine (C=N–C) groups is 1. The lowest BCUT2D eigenvalue weighted by Gasteiger charge is -2.47. The smallest absolute Gasteiger partial charge is 0.276 e. The maximum absolute atomic E-state index is 14.5. The van der Waals surface area contributed by atoms with E-state index in [-0.39, 0.29) is 0 Å². The highest BCUT2D eigenvalue weighted by molar-refractivity contribution is 6.22. The summed E-state index contributed by atoms with van der Waals surface area (Å²) >= 11 is 4.80. The van der Waals surface area contributed by atoms with Gasteiger partial charge in [0.05, 0.1) is 11.3 Å². The molecule has 1 heterocycles. The predicted molar refractivity (Wildman–Crippen MR) is 103 cm³/mol. The summed E-state index contributed by atoms with van der Waals surface area (Å²) in [5, 5.41) is -4.62. The molecule has 1 aliphatic carbocycles. The quantitative estimate of drug-likeness (QED) is 0.399. The second-order valence-electron chi connectivity index (χ2n) is 7.97. The van der Waals surface area contributed by atoms with Crippen LogP contribution in [0.25, 0.3) is 0 Å². The van der Waals surface area contributed by atoms with E-state index in [1.165, 1.54) is 0 Å². The van der Waals surface area contributed by atoms with Crippen LogP contribution < -0.4 is 0 Å². The van der Waals surface area contributed by atoms with Crippen molar-refractivity contribution >= 4 is 17.3 Å². The first-order chi connectivity index (χ1) is 13.1. The molecule has 2 aromatic rings. The number of hydrogen-bond acceptors (Lipinski definition) is 1. The van der Waals surface area contributed by atoms with E-state index in [9.17, 15) is 17.6 Å². The Balaban J connectivity index is 1.95. The lowest BCUT2D eigenvalue weighted by atomic mass is 9.63. The van der Waals surface area contributed by atoms with E-state index in [1.54, 1.807) is 0 Å². The summed E-state index contributed by atoms with van der Waals surface area (Å²) in [6.45, 7) is 1.87. The van der Waals surface area contributed by atoms with Crippen LogP contribution in [0.5, 0.6) is 0 Å². The topological polar surface area (TPSA) is 12.4 Å². The molecule has 28 heavy (non-hydrogen) atoms. The molecule has 0 unspecified atom stereocenters. The van der Waals surface area contributed by atoms with E-state index in [0.717, 1.165) is 16.7 Å². The maximum Gasteiger partial charge on any atom is 0.384 e. The van der Waals surface area contributed by atoms with Crippen molar-refractivity contribution in [3.8, 4) is 0 Å². The van der Waals surface area contributed by atoms with Crippen molar-refractivity contribution in [3.05, 3.63) is 71.3 Å². The summed E-state index contributed by atoms with van der Waals surface area (Å²) in [5.74, 6) is -4.36. The van der Waals surface area contributed by atoms with Crippen molar-refractivity contribution in [1.29, 1.82) is 0 Å². The van der Waals surface area contributed by atoms with E-state index in [1.807, 2.05) is 61.5 Å². The summed E-state index contributed by atoms with van der Waals surface area (Å²) in [5.41, 5.74) is 1.01. The van der Waals surface area contributed by atoms with Crippen LogP contribution in [0, 0.1) is 0 Å². The predicted octanol–water partition coefficient (Wildman–Crippen LogP) is 6.58. The molecule has 0 aromatic heterocycles. The Morgan fingerprint density at radius 3 is 2.29 bits per heavy atom. The van der Waals surface area contributed by atoms with Crippen LogP contribution in [0.4, 0.5) is 17.6 Å². The van der Waals surface area contributed by atoms with E-state index in [0.29, 0.717) is 25.0 Å². The van der Waals surface area contributed by atoms with E-state index < -0.39 is 28.7 Å². The van der Waals surface area contributed by atoms with Gasteiger partial charge >= 0.3 is 11.3 Å². The molecule has 148 valence electrons. The van der Waals surface area contributed by atoms with Crippen LogP contribution in [0.3, 0.4) is 0 Å². The number of alkyl halides is 5. The van der Waals surface area contributed by atoms with E-state index in [2.05, 4.69) is 0 Å². The van der Waals surface area contributed by atoms with Gasteiger partial charge in [-0.1, -0.05) is 67.9 Å². The van der Waals surface area contributed by atoms with Crippen LogP contribution in [0.2, 0.25) is 0 Å². The summed E-state index contributed by atoms with van der Waals surface area (Å²) < 4.78 is 56.0. The molecule has 6 heteroatoms. The molecule has 2 aliphatic rings. The van der Waals surface area contributed by atoms with Crippen molar-refractivity contribution in [3.63, 3.8) is 0 Å². The SMILES string of the molecule is C[C@]12CCC[C@@]1(CC(F)(F)C(F)(F)Cl)N=C(c1ccccc1)c1ccccc12. The fraction of sp³-hybridized carbons (Fsp3) is 0.409. The van der Waals surface area contributed by atoms with Crippen LogP contribution in [0.1, 0.15) is 49.3 Å². The molecular weight excluding hydrogens is 390 g/mol. The van der Waals surface area contributed by atoms with Gasteiger partial charge in [-0.25, -0.2) is 0 Å². The number of rotatable bonds is 4. The molecule has 0 N–H and O–H groups in total. The third kappa shape index (κ3) is 2.78. The van der Waals surface area contributed by atoms with Gasteiger partial charge in [0.1, 0.15) is 0 Å². The van der Waals surface area contributed by atoms with Gasteiger partial charge in [-0.2, -0.15) is 17.6 Å². The van der Waals surface area contributed by atoms with Crippen LogP contribution in [-0.2, 0) is 5.41 Å². The zero-order valence-electron chi connectivity index (χ0n) is 15.4. The molecule has 0 amide bonds. The van der Waals surface area contributed by atoms with Crippen LogP contribution in [-0.4, -0.2) is 22.6 Å². The zero-order chi connectivity index (χ0) is 20.2. The molecule has 1 nitrogen and oxygen atoms in total. The summed E-state index contributed by atoms with van der Waals surface area (Å²) in [4.78, 5) is 4.80. The molecule has 1 fully saturated rings. The Bertz CT molecular complexity index is 922. The minimum atomic E-state index is -4.62. The van der Waals surface area contributed by atoms with Gasteiger partial charge in [-0.15, -0.1) is 0 Å². The second-order valence-corrected chi connectivity index (χ2v) is 8.44. The number of nitrogens with zero attached hydrogens (tertiary/aromatic N) is 1. The van der Waals surface area contributed by atoms with E-state index >= 15 is 0 Å². The molecule has 0 bridgehead atoms. The van der Waals surface area contributed by atoms with Gasteiger partial charge in [-0.05, 0) is 30.0 Å². The standard InChI is InChI=1S/C22H20ClF4N/c1-19-12-7-13-20(19,14-21(24,25)22(23,26)27)28-18(15-8-3-2-4-9-15)16-10-5-6-11-17(16)19/h2-6,8-11H,7,12-14H2,1H3/t19-,20+/m1/s1. The van der Waals surface area contributed by atoms with Gasteiger partial charge < -0.3 is 0 Å². The summed E-state index contributed by atoms with van der Waals surface area (Å²) in [6, 6.07) is 16.8. The third-order valence-corrected chi connectivity index (χ3v) is 6.65. The minimum Gasteiger partial charge on any atom is -0.276 e. The Hall–Kier alpha value is -1.88. The van der Waals surface area contributed by atoms with Crippen molar-refractivity contribution < 1.29 is 17.6 Å². The fourth-order valence-corrected chi connectivity index (χ4v) is 4.93. The molecular formula is C22H20ClF4N. The number of halogens is 5. The molecule has 2 atom stereocenters. The van der Waals surface area contributed by atoms with Crippen molar-refractivity contribution in [2.24, 2.45) is 4.99 Å². The third-order valence-electron chi connectivity index (χ3n) is 6.37. The normalized spacial score (nSPS) is 27.1. The average molecular weight is 410 g/mol. The number of benzene rings is 2. The Kier molecular flexibility index (Phi) is 4.38. The Labute approximate surface area is 166 Å². The molecule has 1 aliphatic heterocycles. The monoisotopic (exact) mass is 409 g/mol. The number of fused-ring (bicyclic) bond motifs is 3. The second kappa shape index (κ2) is 6.31. The fourth-order valence-electron chi connectivity index (χ4n) is 4.86. The van der Waals surface area contributed by atoms with Gasteiger partial charge in [0.25, 0.3) is 0 Å². The van der Waals surface area contributed by atoms with Gasteiger partial charge in [0.15, 0.2) is 0 Å². The van der Waals surface area contributed by atoms with E-state index in [4.69, 9.17) is 16.6 Å². The highest BCUT2D eigenvalue weighted by Gasteiger charge is 2.65. The largest absolute Gasteiger partial charge is 0.384 e. The lowest BCUT2D eigenvalue weighted by molar-refractivity contribution is -0.172. The van der Waals surface area contributed by atoms with Crippen molar-refractivity contribution in [2.45, 2.75) is 54.9 Å². The van der Waals surface area contributed by atoms with Crippen LogP contribution in [0.15, 0.2) is 59.6 Å². The highest BCUT2D eigenvalue weighted by atomic mass is 35.5. The average Bonchev–Trinajstić information content (AvgIpc) is 2.97. The van der Waals surface area contributed by atoms with Gasteiger partial charge in [0.2, 0.25) is 0 Å². The van der Waals surface area contributed by atoms with Gasteiger partial charge in [-0.3, -0.25) is 4.99 Å². The van der Waals surface area contributed by atoms with Crippen LogP contribution >= 0.6 is 11.6 Å². The molecule has 2 aromatic carbocycles. The maximum atomic E-state index is 14.5. The first kappa shape index (κ1) is 19.4. The first-order valence-corrected chi connectivity index (χ1v) is 9.67. The molecule has 4 rings (SSSR count). The van der Waals surface area contributed by atoms with Crippen molar-refractivity contribution in [1.82, 2.24) is 0 Å². The molecule has 0 saturated heterocycles. The first-order valence-electron chi connectivity index (χ1n) is 9.29. The van der Waals surface area contributed by atoms with Gasteiger partial charge in [0, 0.05) is 23.0 Å². The number of hydrogen-bond donors (Lipinski definition) is 0. The Morgan fingerprint density at radius 1 is 0.964 bits per heavy atom. The lowest BCUT2D eigenvalue weighted by Crippen LogP contribution is -2.54. The summed E-state index contributed by atoms with van der Waals surface area (Å²) in [7, 11) is 0. The molecule has 0 radical (unpaired) electrons.